The van der Waals surface area contributed by atoms with Crippen molar-refractivity contribution in [3.63, 3.8) is 0 Å². The molecule has 1 aliphatic rings. The highest BCUT2D eigenvalue weighted by molar-refractivity contribution is 5.77. The number of nitrogens with zero attached hydrogens (tertiary/aromatic N) is 2. The number of H-pyrrole nitrogens is 1. The maximum atomic E-state index is 5.69. The highest BCUT2D eigenvalue weighted by Gasteiger charge is 2.15. The summed E-state index contributed by atoms with van der Waals surface area (Å²) in [6, 6.07) is 10.3. The Balaban J connectivity index is 1.99. The van der Waals surface area contributed by atoms with Crippen LogP contribution in [0.3, 0.4) is 0 Å². The molecular formula is C14H18N4. The van der Waals surface area contributed by atoms with Crippen molar-refractivity contribution < 1.29 is 0 Å². The van der Waals surface area contributed by atoms with E-state index in [1.54, 1.807) is 0 Å². The molecule has 1 fully saturated rings. The number of piperidine rings is 1. The van der Waals surface area contributed by atoms with Crippen molar-refractivity contribution >= 4 is 11.5 Å². The lowest BCUT2D eigenvalue weighted by molar-refractivity contribution is 0.578. The van der Waals surface area contributed by atoms with E-state index in [2.05, 4.69) is 39.4 Å². The molecule has 0 spiro atoms. The third-order valence-corrected chi connectivity index (χ3v) is 3.49. The fourth-order valence-corrected chi connectivity index (χ4v) is 2.59. The van der Waals surface area contributed by atoms with E-state index in [4.69, 9.17) is 5.73 Å². The maximum Gasteiger partial charge on any atom is 0.145 e. The molecule has 1 aliphatic heterocycles. The van der Waals surface area contributed by atoms with Crippen LogP contribution in [-0.2, 0) is 0 Å². The van der Waals surface area contributed by atoms with Gasteiger partial charge in [0.05, 0.1) is 5.69 Å². The minimum atomic E-state index is 0.540. The minimum absolute atomic E-state index is 0.540. The van der Waals surface area contributed by atoms with Crippen molar-refractivity contribution in [3.05, 3.63) is 30.3 Å². The van der Waals surface area contributed by atoms with Crippen molar-refractivity contribution in [1.82, 2.24) is 10.2 Å². The number of hydrogen-bond donors (Lipinski definition) is 2. The van der Waals surface area contributed by atoms with Gasteiger partial charge in [-0.1, -0.05) is 18.2 Å². The highest BCUT2D eigenvalue weighted by Crippen LogP contribution is 2.31. The number of aromatic amines is 1. The number of hydrogen-bond acceptors (Lipinski definition) is 3. The number of nitrogens with one attached hydrogen (secondary N) is 1. The average Bonchev–Trinajstić information content (AvgIpc) is 2.86. The Morgan fingerprint density at radius 3 is 2.61 bits per heavy atom. The van der Waals surface area contributed by atoms with Crippen LogP contribution in [0.2, 0.25) is 0 Å². The molecule has 94 valence electrons. The van der Waals surface area contributed by atoms with Crippen LogP contribution in [0.25, 0.3) is 11.3 Å². The number of rotatable bonds is 2. The van der Waals surface area contributed by atoms with E-state index in [0.717, 1.165) is 18.8 Å². The third kappa shape index (κ3) is 2.06. The first kappa shape index (κ1) is 11.1. The third-order valence-electron chi connectivity index (χ3n) is 3.49. The smallest absolute Gasteiger partial charge is 0.145 e. The van der Waals surface area contributed by atoms with Crippen LogP contribution in [0.15, 0.2) is 30.3 Å². The Kier molecular flexibility index (Phi) is 2.92. The predicted molar refractivity (Wildman–Crippen MR) is 74.5 cm³/mol. The zero-order valence-electron chi connectivity index (χ0n) is 10.4. The molecule has 0 unspecified atom stereocenters. The Morgan fingerprint density at radius 1 is 1.11 bits per heavy atom. The molecule has 4 nitrogen and oxygen atoms in total. The molecule has 2 heterocycles. The summed E-state index contributed by atoms with van der Waals surface area (Å²) in [7, 11) is 0. The normalized spacial score (nSPS) is 15.9. The van der Waals surface area contributed by atoms with Crippen molar-refractivity contribution in [2.24, 2.45) is 0 Å². The van der Waals surface area contributed by atoms with Gasteiger partial charge in [-0.25, -0.2) is 0 Å². The van der Waals surface area contributed by atoms with Crippen molar-refractivity contribution in [2.75, 3.05) is 23.7 Å². The van der Waals surface area contributed by atoms with Crippen LogP contribution in [0.5, 0.6) is 0 Å². The summed E-state index contributed by atoms with van der Waals surface area (Å²) in [5.41, 5.74) is 9.15. The van der Waals surface area contributed by atoms with Gasteiger partial charge in [0.25, 0.3) is 0 Å². The van der Waals surface area contributed by atoms with E-state index >= 15 is 0 Å². The highest BCUT2D eigenvalue weighted by atomic mass is 15.2. The van der Waals surface area contributed by atoms with Gasteiger partial charge >= 0.3 is 0 Å². The first-order valence-corrected chi connectivity index (χ1v) is 6.50. The van der Waals surface area contributed by atoms with Crippen LogP contribution >= 0.6 is 0 Å². The van der Waals surface area contributed by atoms with E-state index in [1.807, 2.05) is 6.07 Å². The van der Waals surface area contributed by atoms with Crippen LogP contribution in [-0.4, -0.2) is 23.3 Å². The van der Waals surface area contributed by atoms with Crippen molar-refractivity contribution in [1.29, 1.82) is 0 Å². The Hall–Kier alpha value is -1.97. The largest absolute Gasteiger partial charge is 0.382 e. The molecule has 18 heavy (non-hydrogen) atoms. The Labute approximate surface area is 107 Å². The van der Waals surface area contributed by atoms with Gasteiger partial charge in [-0.05, 0) is 25.3 Å². The molecule has 1 aromatic heterocycles. The van der Waals surface area contributed by atoms with Gasteiger partial charge < -0.3 is 10.6 Å². The molecule has 1 aromatic carbocycles. The number of nitrogen functional groups attached to an aromatic ring is 1. The van der Waals surface area contributed by atoms with Gasteiger partial charge in [0.1, 0.15) is 5.82 Å². The van der Waals surface area contributed by atoms with E-state index in [9.17, 15) is 0 Å². The van der Waals surface area contributed by atoms with Gasteiger partial charge in [0.2, 0.25) is 0 Å². The predicted octanol–water partition coefficient (Wildman–Crippen LogP) is 2.65. The number of aromatic nitrogens is 2. The minimum Gasteiger partial charge on any atom is -0.382 e. The molecule has 0 aliphatic carbocycles. The lowest BCUT2D eigenvalue weighted by atomic mass is 10.1. The molecule has 0 bridgehead atoms. The molecule has 2 aromatic rings. The standard InChI is InChI=1S/C14H18N4/c15-14-10-12(16-17-14)11-6-2-3-7-13(11)18-8-4-1-5-9-18/h2-3,6-7,10H,1,4-5,8-9H2,(H3,15,16,17). The fraction of sp³-hybridized carbons (Fsp3) is 0.357. The van der Waals surface area contributed by atoms with Crippen molar-refractivity contribution in [3.8, 4) is 11.3 Å². The van der Waals surface area contributed by atoms with E-state index in [-0.39, 0.29) is 0 Å². The number of anilines is 2. The number of para-hydroxylation sites is 1. The summed E-state index contributed by atoms with van der Waals surface area (Å²) in [5, 5.41) is 7.01. The van der Waals surface area contributed by atoms with Gasteiger partial charge in [0, 0.05) is 30.4 Å². The van der Waals surface area contributed by atoms with Gasteiger partial charge in [-0.15, -0.1) is 0 Å². The lowest BCUT2D eigenvalue weighted by Crippen LogP contribution is -2.29. The maximum absolute atomic E-state index is 5.69. The quantitative estimate of drug-likeness (QED) is 0.851. The molecule has 3 N–H and O–H groups in total. The second-order valence-corrected chi connectivity index (χ2v) is 4.77. The molecule has 3 rings (SSSR count). The second-order valence-electron chi connectivity index (χ2n) is 4.77. The van der Waals surface area contributed by atoms with Crippen LogP contribution in [0, 0.1) is 0 Å². The summed E-state index contributed by atoms with van der Waals surface area (Å²) in [4.78, 5) is 2.45. The molecule has 4 heteroatoms. The summed E-state index contributed by atoms with van der Waals surface area (Å²) in [6.07, 6.45) is 3.90. The molecule has 1 saturated heterocycles. The lowest BCUT2D eigenvalue weighted by Gasteiger charge is -2.30. The summed E-state index contributed by atoms with van der Waals surface area (Å²) in [5.74, 6) is 0.540. The number of nitrogens with two attached hydrogens (primary N) is 1. The fourth-order valence-electron chi connectivity index (χ4n) is 2.59. The molecule has 0 saturated carbocycles. The van der Waals surface area contributed by atoms with Gasteiger partial charge in [0.15, 0.2) is 0 Å². The van der Waals surface area contributed by atoms with Crippen LogP contribution < -0.4 is 10.6 Å². The topological polar surface area (TPSA) is 57.9 Å². The summed E-state index contributed by atoms with van der Waals surface area (Å²) >= 11 is 0. The van der Waals surface area contributed by atoms with Crippen LogP contribution in [0.4, 0.5) is 11.5 Å². The zero-order valence-corrected chi connectivity index (χ0v) is 10.4. The molecular weight excluding hydrogens is 224 g/mol. The van der Waals surface area contributed by atoms with Crippen LogP contribution in [0.1, 0.15) is 19.3 Å². The van der Waals surface area contributed by atoms with Gasteiger partial charge in [-0.2, -0.15) is 5.10 Å². The molecule has 0 atom stereocenters. The molecule has 0 radical (unpaired) electrons. The second kappa shape index (κ2) is 4.72. The van der Waals surface area contributed by atoms with Crippen molar-refractivity contribution in [2.45, 2.75) is 19.3 Å². The average molecular weight is 242 g/mol. The summed E-state index contributed by atoms with van der Waals surface area (Å²) in [6.45, 7) is 2.28. The molecule has 0 amide bonds. The van der Waals surface area contributed by atoms with E-state index in [1.165, 1.54) is 30.5 Å². The summed E-state index contributed by atoms with van der Waals surface area (Å²) < 4.78 is 0. The van der Waals surface area contributed by atoms with E-state index in [0.29, 0.717) is 5.82 Å². The van der Waals surface area contributed by atoms with Gasteiger partial charge in [-0.3, -0.25) is 5.10 Å². The first-order chi connectivity index (χ1) is 8.84. The Morgan fingerprint density at radius 2 is 1.89 bits per heavy atom. The monoisotopic (exact) mass is 242 g/mol. The first-order valence-electron chi connectivity index (χ1n) is 6.50. The number of benzene rings is 1. The SMILES string of the molecule is Nc1cc(-c2ccccc2N2CCCCC2)[nH]n1. The van der Waals surface area contributed by atoms with E-state index < -0.39 is 0 Å². The zero-order chi connectivity index (χ0) is 12.4. The Bertz CT molecular complexity index is 526.